The average Bonchev–Trinajstić information content (AvgIpc) is 2.77. The van der Waals surface area contributed by atoms with Gasteiger partial charge >= 0.3 is 6.03 Å². The first kappa shape index (κ1) is 17.8. The van der Waals surface area contributed by atoms with Crippen molar-refractivity contribution in [3.05, 3.63) is 29.8 Å². The molecule has 2 aliphatic heterocycles. The number of urea groups is 1. The van der Waals surface area contributed by atoms with Crippen molar-refractivity contribution in [3.63, 3.8) is 0 Å². The van der Waals surface area contributed by atoms with E-state index in [9.17, 15) is 13.2 Å². The van der Waals surface area contributed by atoms with Gasteiger partial charge in [0, 0.05) is 18.8 Å². The number of benzene rings is 1. The molecule has 2 aliphatic carbocycles. The molecule has 26 heavy (non-hydrogen) atoms. The van der Waals surface area contributed by atoms with Crippen molar-refractivity contribution in [3.8, 4) is 0 Å². The largest absolute Gasteiger partial charge is 0.331 e. The van der Waals surface area contributed by atoms with Crippen LogP contribution < -0.4 is 5.32 Å². The van der Waals surface area contributed by atoms with Gasteiger partial charge in [0.1, 0.15) is 0 Å². The smallest absolute Gasteiger partial charge is 0.318 e. The first-order chi connectivity index (χ1) is 12.3. The Balaban J connectivity index is 1.44. The molecule has 5 rings (SSSR count). The quantitative estimate of drug-likeness (QED) is 0.879. The summed E-state index contributed by atoms with van der Waals surface area (Å²) in [6.45, 7) is 2.85. The zero-order chi connectivity index (χ0) is 18.5. The SMILES string of the molecule is C[C@@H](NC(=O)N1CC2C[C@@H]3CC1C[C@H](C2)C3)c1ccc(S(C)(=O)=O)cc1. The number of sulfone groups is 1. The standard InChI is InChI=1S/C20H28N2O3S/c1-13(17-3-5-19(6-4-17)26(2,24)25)21-20(23)22-12-16-8-14-7-15(9-16)11-18(22)10-14/h3-6,13-16,18H,7-12H2,1-2H3,(H,21,23)/t13-,14-,15+,16?,18?/m1/s1. The number of rotatable bonds is 3. The van der Waals surface area contributed by atoms with Crippen LogP contribution in [0.1, 0.15) is 50.6 Å². The molecule has 0 radical (unpaired) electrons. The summed E-state index contributed by atoms with van der Waals surface area (Å²) in [6.07, 6.45) is 7.48. The number of hydrogen-bond donors (Lipinski definition) is 1. The Hall–Kier alpha value is -1.56. The Morgan fingerprint density at radius 1 is 1.04 bits per heavy atom. The van der Waals surface area contributed by atoms with E-state index in [4.69, 9.17) is 0 Å². The molecule has 0 aromatic heterocycles. The van der Waals surface area contributed by atoms with Crippen LogP contribution in [-0.2, 0) is 9.84 Å². The van der Waals surface area contributed by atoms with E-state index in [0.29, 0.717) is 16.9 Å². The van der Waals surface area contributed by atoms with Gasteiger partial charge in [-0.2, -0.15) is 0 Å². The number of nitrogens with zero attached hydrogens (tertiary/aromatic N) is 1. The molecule has 2 heterocycles. The summed E-state index contributed by atoms with van der Waals surface area (Å²) >= 11 is 0. The third-order valence-electron chi connectivity index (χ3n) is 6.52. The second kappa shape index (κ2) is 6.55. The van der Waals surface area contributed by atoms with Crippen LogP contribution in [-0.4, -0.2) is 38.2 Å². The number of nitrogens with one attached hydrogen (secondary N) is 1. The van der Waals surface area contributed by atoms with Crippen molar-refractivity contribution >= 4 is 15.9 Å². The fraction of sp³-hybridized carbons (Fsp3) is 0.650. The van der Waals surface area contributed by atoms with Crippen LogP contribution in [0.25, 0.3) is 0 Å². The third kappa shape index (κ3) is 3.48. The summed E-state index contributed by atoms with van der Waals surface area (Å²) in [6, 6.07) is 7.08. The zero-order valence-electron chi connectivity index (χ0n) is 15.5. The number of carbonyl (C=O) groups is 1. The molecule has 142 valence electrons. The molecule has 1 N–H and O–H groups in total. The maximum absolute atomic E-state index is 12.9. The van der Waals surface area contributed by atoms with Crippen molar-refractivity contribution in [2.75, 3.05) is 12.8 Å². The minimum absolute atomic E-state index is 0.0305. The van der Waals surface area contributed by atoms with Crippen LogP contribution >= 0.6 is 0 Å². The Labute approximate surface area is 156 Å². The fourth-order valence-electron chi connectivity index (χ4n) is 5.39. The lowest BCUT2D eigenvalue weighted by molar-refractivity contribution is 0.130. The van der Waals surface area contributed by atoms with Crippen LogP contribution in [0, 0.1) is 17.8 Å². The van der Waals surface area contributed by atoms with E-state index < -0.39 is 9.84 Å². The van der Waals surface area contributed by atoms with Gasteiger partial charge in [-0.1, -0.05) is 12.1 Å². The Bertz CT molecular complexity index is 776. The second-order valence-corrected chi connectivity index (χ2v) is 10.6. The fourth-order valence-corrected chi connectivity index (χ4v) is 6.02. The van der Waals surface area contributed by atoms with E-state index >= 15 is 0 Å². The predicted octanol–water partition coefficient (Wildman–Crippen LogP) is 3.37. The molecule has 6 heteroatoms. The monoisotopic (exact) mass is 376 g/mol. The van der Waals surface area contributed by atoms with E-state index in [-0.39, 0.29) is 12.1 Å². The van der Waals surface area contributed by atoms with Crippen LogP contribution in [0.5, 0.6) is 0 Å². The number of hydrogen-bond acceptors (Lipinski definition) is 3. The maximum atomic E-state index is 12.9. The number of amides is 2. The second-order valence-electron chi connectivity index (χ2n) is 8.60. The van der Waals surface area contributed by atoms with Gasteiger partial charge in [0.25, 0.3) is 0 Å². The molecule has 1 aromatic rings. The lowest BCUT2D eigenvalue weighted by Crippen LogP contribution is -2.47. The summed E-state index contributed by atoms with van der Waals surface area (Å²) in [7, 11) is -3.20. The Morgan fingerprint density at radius 2 is 1.62 bits per heavy atom. The zero-order valence-corrected chi connectivity index (χ0v) is 16.3. The van der Waals surface area contributed by atoms with Crippen LogP contribution in [0.2, 0.25) is 0 Å². The Morgan fingerprint density at radius 3 is 2.19 bits per heavy atom. The van der Waals surface area contributed by atoms with Crippen molar-refractivity contribution in [2.24, 2.45) is 17.8 Å². The minimum Gasteiger partial charge on any atom is -0.331 e. The van der Waals surface area contributed by atoms with Gasteiger partial charge in [-0.05, 0) is 74.5 Å². The summed E-state index contributed by atoms with van der Waals surface area (Å²) in [5.41, 5.74) is 0.923. The molecule has 4 aliphatic rings. The lowest BCUT2D eigenvalue weighted by Gasteiger charge is -2.39. The van der Waals surface area contributed by atoms with Gasteiger partial charge in [-0.25, -0.2) is 13.2 Å². The van der Waals surface area contributed by atoms with Gasteiger partial charge in [0.05, 0.1) is 10.9 Å². The van der Waals surface area contributed by atoms with E-state index in [0.717, 1.165) is 36.8 Å². The van der Waals surface area contributed by atoms with Crippen molar-refractivity contribution < 1.29 is 13.2 Å². The topological polar surface area (TPSA) is 66.5 Å². The molecular formula is C20H28N2O3S. The highest BCUT2D eigenvalue weighted by atomic mass is 32.2. The van der Waals surface area contributed by atoms with E-state index in [1.54, 1.807) is 24.3 Å². The van der Waals surface area contributed by atoms with Gasteiger partial charge in [0.15, 0.2) is 9.84 Å². The van der Waals surface area contributed by atoms with Gasteiger partial charge in [0.2, 0.25) is 0 Å². The van der Waals surface area contributed by atoms with Crippen LogP contribution in [0.4, 0.5) is 4.79 Å². The highest BCUT2D eigenvalue weighted by Gasteiger charge is 2.44. The average molecular weight is 377 g/mol. The normalized spacial score (nSPS) is 31.5. The van der Waals surface area contributed by atoms with Crippen molar-refractivity contribution in [1.82, 2.24) is 10.2 Å². The van der Waals surface area contributed by atoms with Gasteiger partial charge in [-0.3, -0.25) is 0 Å². The first-order valence-electron chi connectivity index (χ1n) is 9.66. The number of carbonyl (C=O) groups excluding carboxylic acids is 1. The van der Waals surface area contributed by atoms with Crippen molar-refractivity contribution in [1.29, 1.82) is 0 Å². The highest BCUT2D eigenvalue weighted by Crippen LogP contribution is 2.47. The summed E-state index contributed by atoms with van der Waals surface area (Å²) < 4.78 is 23.2. The summed E-state index contributed by atoms with van der Waals surface area (Å²) in [5, 5.41) is 3.13. The lowest BCUT2D eigenvalue weighted by atomic mass is 9.68. The molecule has 2 saturated heterocycles. The number of fused-ring (bicyclic) bond motifs is 1. The summed E-state index contributed by atoms with van der Waals surface area (Å²) in [5.74, 6) is 2.30. The molecular weight excluding hydrogens is 348 g/mol. The third-order valence-corrected chi connectivity index (χ3v) is 7.64. The molecule has 2 saturated carbocycles. The highest BCUT2D eigenvalue weighted by molar-refractivity contribution is 7.90. The molecule has 4 bridgehead atoms. The van der Waals surface area contributed by atoms with Crippen LogP contribution in [0.15, 0.2) is 29.2 Å². The molecule has 2 amide bonds. The summed E-state index contributed by atoms with van der Waals surface area (Å²) in [4.78, 5) is 15.3. The predicted molar refractivity (Wildman–Crippen MR) is 101 cm³/mol. The maximum Gasteiger partial charge on any atom is 0.318 e. The molecule has 4 fully saturated rings. The molecule has 0 spiro atoms. The van der Waals surface area contributed by atoms with E-state index in [2.05, 4.69) is 10.2 Å². The van der Waals surface area contributed by atoms with Crippen LogP contribution in [0.3, 0.4) is 0 Å². The van der Waals surface area contributed by atoms with Gasteiger partial charge < -0.3 is 10.2 Å². The van der Waals surface area contributed by atoms with E-state index in [1.807, 2.05) is 6.92 Å². The van der Waals surface area contributed by atoms with E-state index in [1.165, 1.54) is 25.5 Å². The molecule has 5 atom stereocenters. The van der Waals surface area contributed by atoms with Gasteiger partial charge in [-0.15, -0.1) is 0 Å². The van der Waals surface area contributed by atoms with Crippen molar-refractivity contribution in [2.45, 2.75) is 56.0 Å². The molecule has 2 unspecified atom stereocenters. The molecule has 1 aromatic carbocycles. The Kier molecular flexibility index (Phi) is 4.49. The first-order valence-corrected chi connectivity index (χ1v) is 11.6. The minimum atomic E-state index is -3.20. The molecule has 5 nitrogen and oxygen atoms in total.